The summed E-state index contributed by atoms with van der Waals surface area (Å²) >= 11 is 0. The van der Waals surface area contributed by atoms with E-state index >= 15 is 0 Å². The van der Waals surface area contributed by atoms with E-state index in [9.17, 15) is 9.59 Å². The maximum Gasteiger partial charge on any atom is 0.243 e. The fraction of sp³-hybridized carbons (Fsp3) is 0.714. The maximum atomic E-state index is 11.7. The lowest BCUT2D eigenvalue weighted by atomic mass is 10.2. The van der Waals surface area contributed by atoms with Crippen LogP contribution in [0.2, 0.25) is 0 Å². The first-order chi connectivity index (χ1) is 9.09. The average Bonchev–Trinajstić information content (AvgIpc) is 2.87. The lowest BCUT2D eigenvalue weighted by molar-refractivity contribution is -0.130. The smallest absolute Gasteiger partial charge is 0.243 e. The molecule has 2 amide bonds. The van der Waals surface area contributed by atoms with Gasteiger partial charge in [-0.25, -0.2) is 0 Å². The highest BCUT2D eigenvalue weighted by molar-refractivity contribution is 5.87. The predicted octanol–water partition coefficient (Wildman–Crippen LogP) is 0.623. The molecule has 108 valence electrons. The summed E-state index contributed by atoms with van der Waals surface area (Å²) in [7, 11) is 3.90. The van der Waals surface area contributed by atoms with Crippen molar-refractivity contribution < 1.29 is 9.59 Å². The Labute approximate surface area is 115 Å². The molecule has 0 aromatic rings. The first-order valence-electron chi connectivity index (χ1n) is 6.96. The van der Waals surface area contributed by atoms with E-state index in [1.165, 1.54) is 0 Å². The summed E-state index contributed by atoms with van der Waals surface area (Å²) in [6, 6.07) is 0. The molecule has 0 radical (unpaired) electrons. The van der Waals surface area contributed by atoms with Crippen molar-refractivity contribution in [1.29, 1.82) is 0 Å². The molecule has 1 rings (SSSR count). The van der Waals surface area contributed by atoms with E-state index in [1.807, 2.05) is 30.0 Å². The largest absolute Gasteiger partial charge is 0.353 e. The van der Waals surface area contributed by atoms with Crippen molar-refractivity contribution in [2.75, 3.05) is 40.3 Å². The van der Waals surface area contributed by atoms with Gasteiger partial charge in [0.15, 0.2) is 0 Å². The van der Waals surface area contributed by atoms with E-state index in [4.69, 9.17) is 0 Å². The molecule has 5 nitrogen and oxygen atoms in total. The molecule has 1 N–H and O–H groups in total. The number of hydrogen-bond acceptors (Lipinski definition) is 3. The molecule has 0 bridgehead atoms. The van der Waals surface area contributed by atoms with Crippen LogP contribution in [0.25, 0.3) is 0 Å². The Bertz CT molecular complexity index is 321. The van der Waals surface area contributed by atoms with E-state index in [0.29, 0.717) is 19.4 Å². The van der Waals surface area contributed by atoms with Crippen LogP contribution in [0, 0.1) is 0 Å². The Kier molecular flexibility index (Phi) is 7.18. The number of nitrogens with zero attached hydrogens (tertiary/aromatic N) is 2. The van der Waals surface area contributed by atoms with Crippen LogP contribution in [-0.2, 0) is 9.59 Å². The second-order valence-electron chi connectivity index (χ2n) is 5.15. The molecule has 1 fully saturated rings. The van der Waals surface area contributed by atoms with Gasteiger partial charge in [0.25, 0.3) is 0 Å². The summed E-state index contributed by atoms with van der Waals surface area (Å²) in [5.41, 5.74) is 0. The van der Waals surface area contributed by atoms with Crippen LogP contribution < -0.4 is 5.32 Å². The van der Waals surface area contributed by atoms with Crippen LogP contribution in [0.15, 0.2) is 12.2 Å². The monoisotopic (exact) mass is 267 g/mol. The molecular weight excluding hydrogens is 242 g/mol. The molecule has 0 unspecified atom stereocenters. The second kappa shape index (κ2) is 8.69. The quantitative estimate of drug-likeness (QED) is 0.543. The van der Waals surface area contributed by atoms with Crippen LogP contribution in [0.1, 0.15) is 25.7 Å². The highest BCUT2D eigenvalue weighted by atomic mass is 16.2. The molecule has 0 aromatic carbocycles. The summed E-state index contributed by atoms with van der Waals surface area (Å²) in [5, 5.41) is 2.79. The summed E-state index contributed by atoms with van der Waals surface area (Å²) in [6.45, 7) is 3.11. The van der Waals surface area contributed by atoms with E-state index in [1.54, 1.807) is 6.08 Å². The lowest BCUT2D eigenvalue weighted by Crippen LogP contribution is -2.29. The van der Waals surface area contributed by atoms with Crippen molar-refractivity contribution in [2.24, 2.45) is 0 Å². The van der Waals surface area contributed by atoms with Crippen molar-refractivity contribution in [3.63, 3.8) is 0 Å². The average molecular weight is 267 g/mol. The number of carbonyl (C=O) groups excluding carboxylic acids is 2. The number of amides is 2. The lowest BCUT2D eigenvalue weighted by Gasteiger charge is -2.14. The van der Waals surface area contributed by atoms with Gasteiger partial charge in [-0.05, 0) is 33.4 Å². The normalized spacial score (nSPS) is 15.4. The van der Waals surface area contributed by atoms with Crippen LogP contribution in [-0.4, -0.2) is 61.9 Å². The molecule has 0 aliphatic carbocycles. The third kappa shape index (κ3) is 6.96. The molecule has 0 saturated carbocycles. The molecule has 1 heterocycles. The van der Waals surface area contributed by atoms with Crippen molar-refractivity contribution >= 4 is 11.8 Å². The van der Waals surface area contributed by atoms with Gasteiger partial charge in [-0.1, -0.05) is 6.08 Å². The zero-order valence-electron chi connectivity index (χ0n) is 12.0. The fourth-order valence-corrected chi connectivity index (χ4v) is 2.01. The minimum Gasteiger partial charge on any atom is -0.353 e. The molecule has 19 heavy (non-hydrogen) atoms. The van der Waals surface area contributed by atoms with Gasteiger partial charge in [-0.15, -0.1) is 0 Å². The Morgan fingerprint density at radius 1 is 1.26 bits per heavy atom. The van der Waals surface area contributed by atoms with Crippen LogP contribution in [0.3, 0.4) is 0 Å². The van der Waals surface area contributed by atoms with Gasteiger partial charge >= 0.3 is 0 Å². The van der Waals surface area contributed by atoms with E-state index in [0.717, 1.165) is 32.5 Å². The zero-order chi connectivity index (χ0) is 14.1. The predicted molar refractivity (Wildman–Crippen MR) is 75.8 cm³/mol. The Morgan fingerprint density at radius 3 is 2.58 bits per heavy atom. The zero-order valence-corrected chi connectivity index (χ0v) is 12.0. The minimum absolute atomic E-state index is 0.0875. The first kappa shape index (κ1) is 15.7. The van der Waals surface area contributed by atoms with Gasteiger partial charge in [0.1, 0.15) is 0 Å². The van der Waals surface area contributed by atoms with Gasteiger partial charge in [-0.3, -0.25) is 9.59 Å². The number of carbonyl (C=O) groups is 2. The summed E-state index contributed by atoms with van der Waals surface area (Å²) < 4.78 is 0. The molecule has 0 atom stereocenters. The van der Waals surface area contributed by atoms with E-state index in [-0.39, 0.29) is 11.8 Å². The number of likely N-dealkylation sites (tertiary alicyclic amines) is 1. The highest BCUT2D eigenvalue weighted by Gasteiger charge is 2.16. The van der Waals surface area contributed by atoms with Crippen LogP contribution in [0.5, 0.6) is 0 Å². The Hall–Kier alpha value is -1.36. The molecule has 5 heteroatoms. The Balaban J connectivity index is 2.05. The molecule has 0 spiro atoms. The maximum absolute atomic E-state index is 11.7. The van der Waals surface area contributed by atoms with Crippen molar-refractivity contribution in [3.8, 4) is 0 Å². The Morgan fingerprint density at radius 2 is 1.95 bits per heavy atom. The summed E-state index contributed by atoms with van der Waals surface area (Å²) in [4.78, 5) is 27.0. The van der Waals surface area contributed by atoms with Gasteiger partial charge < -0.3 is 15.1 Å². The molecule has 1 saturated heterocycles. The SMILES string of the molecule is CN(C)C/C=C/C(=O)NCCCC(=O)N1CCCC1. The second-order valence-corrected chi connectivity index (χ2v) is 5.15. The van der Waals surface area contributed by atoms with Gasteiger partial charge in [0.05, 0.1) is 0 Å². The third-order valence-corrected chi connectivity index (χ3v) is 3.07. The van der Waals surface area contributed by atoms with Crippen LogP contribution >= 0.6 is 0 Å². The fourth-order valence-electron chi connectivity index (χ4n) is 2.01. The van der Waals surface area contributed by atoms with Crippen LogP contribution in [0.4, 0.5) is 0 Å². The topological polar surface area (TPSA) is 52.7 Å². The number of hydrogen-bond donors (Lipinski definition) is 1. The molecule has 1 aliphatic heterocycles. The van der Waals surface area contributed by atoms with Gasteiger partial charge in [0.2, 0.25) is 11.8 Å². The number of likely N-dealkylation sites (N-methyl/N-ethyl adjacent to an activating group) is 1. The van der Waals surface area contributed by atoms with E-state index in [2.05, 4.69) is 5.32 Å². The number of rotatable bonds is 7. The minimum atomic E-state index is -0.0875. The third-order valence-electron chi connectivity index (χ3n) is 3.07. The molecule has 1 aliphatic rings. The standard InChI is InChI=1S/C14H25N3O2/c1-16(2)10-6-7-13(18)15-9-5-8-14(19)17-11-3-4-12-17/h6-7H,3-5,8-12H2,1-2H3,(H,15,18)/b7-6+. The first-order valence-corrected chi connectivity index (χ1v) is 6.96. The molecule has 0 aromatic heterocycles. The van der Waals surface area contributed by atoms with Crippen molar-refractivity contribution in [2.45, 2.75) is 25.7 Å². The van der Waals surface area contributed by atoms with Gasteiger partial charge in [0, 0.05) is 38.7 Å². The van der Waals surface area contributed by atoms with Crippen molar-refractivity contribution in [1.82, 2.24) is 15.1 Å². The van der Waals surface area contributed by atoms with Crippen molar-refractivity contribution in [3.05, 3.63) is 12.2 Å². The summed E-state index contributed by atoms with van der Waals surface area (Å²) in [6.07, 6.45) is 6.86. The number of nitrogens with one attached hydrogen (secondary N) is 1. The molecular formula is C14H25N3O2. The summed E-state index contributed by atoms with van der Waals surface area (Å²) in [5.74, 6) is 0.130. The highest BCUT2D eigenvalue weighted by Crippen LogP contribution is 2.09. The van der Waals surface area contributed by atoms with Gasteiger partial charge in [-0.2, -0.15) is 0 Å². The van der Waals surface area contributed by atoms with E-state index < -0.39 is 0 Å².